The van der Waals surface area contributed by atoms with Crippen LogP contribution in [0.2, 0.25) is 0 Å². The van der Waals surface area contributed by atoms with Gasteiger partial charge in [-0.15, -0.1) is 0 Å². The smallest absolute Gasteiger partial charge is 0.394 e. The third kappa shape index (κ3) is 28.9. The third-order valence-corrected chi connectivity index (χ3v) is 11.5. The van der Waals surface area contributed by atoms with Crippen molar-refractivity contribution >= 4 is 16.3 Å². The summed E-state index contributed by atoms with van der Waals surface area (Å²) in [6, 6.07) is -0.886. The van der Waals surface area contributed by atoms with Crippen molar-refractivity contribution in [2.75, 3.05) is 13.2 Å². The van der Waals surface area contributed by atoms with E-state index >= 15 is 0 Å². The highest BCUT2D eigenvalue weighted by Crippen LogP contribution is 2.26. The van der Waals surface area contributed by atoms with Gasteiger partial charge in [0.2, 0.25) is 5.91 Å². The summed E-state index contributed by atoms with van der Waals surface area (Å²) in [4.78, 5) is 13.0. The Morgan fingerprint density at radius 1 is 0.690 bits per heavy atom. The molecule has 7 unspecified atom stereocenters. The van der Waals surface area contributed by atoms with Crippen molar-refractivity contribution in [1.29, 1.82) is 0 Å². The predicted molar refractivity (Wildman–Crippen MR) is 232 cm³/mol. The molecule has 0 radical (unpaired) electrons. The van der Waals surface area contributed by atoms with E-state index in [1.165, 1.54) is 128 Å². The highest BCUT2D eigenvalue weighted by atomic mass is 32.3. The first-order valence-electron chi connectivity index (χ1n) is 23.2. The molecule has 342 valence electrons. The molecule has 1 heterocycles. The largest absolute Gasteiger partial charge is 0.397 e. The van der Waals surface area contributed by atoms with Crippen LogP contribution in [0.15, 0.2) is 24.3 Å². The number of rotatable bonds is 39. The Bertz CT molecular complexity index is 1140. The highest BCUT2D eigenvalue weighted by Gasteiger charge is 2.48. The molecule has 0 aromatic rings. The fourth-order valence-electron chi connectivity index (χ4n) is 7.39. The molecule has 12 nitrogen and oxygen atoms in total. The first-order chi connectivity index (χ1) is 28.0. The van der Waals surface area contributed by atoms with Crippen molar-refractivity contribution in [3.8, 4) is 0 Å². The maximum atomic E-state index is 13.0. The van der Waals surface area contributed by atoms with Crippen molar-refractivity contribution in [1.82, 2.24) is 5.32 Å². The van der Waals surface area contributed by atoms with E-state index in [-0.39, 0.29) is 18.9 Å². The monoisotopic (exact) mass is 848 g/mol. The second-order valence-electron chi connectivity index (χ2n) is 16.3. The Morgan fingerprint density at radius 3 is 1.64 bits per heavy atom. The number of allylic oxidation sites excluding steroid dienone is 4. The van der Waals surface area contributed by atoms with Gasteiger partial charge in [-0.1, -0.05) is 186 Å². The van der Waals surface area contributed by atoms with E-state index in [0.717, 1.165) is 38.5 Å². The van der Waals surface area contributed by atoms with Gasteiger partial charge in [0.15, 0.2) is 6.29 Å². The molecule has 0 aromatic carbocycles. The summed E-state index contributed by atoms with van der Waals surface area (Å²) < 4.78 is 47.6. The number of unbranched alkanes of at least 4 members (excludes halogenated alkanes) is 23. The van der Waals surface area contributed by atoms with E-state index in [0.29, 0.717) is 12.8 Å². The van der Waals surface area contributed by atoms with Crippen LogP contribution in [0.1, 0.15) is 200 Å². The number of amides is 1. The normalized spacial score (nSPS) is 21.3. The minimum atomic E-state index is -5.08. The molecule has 1 rings (SSSR count). The molecule has 0 spiro atoms. The molecule has 0 aliphatic carbocycles. The summed E-state index contributed by atoms with van der Waals surface area (Å²) in [5.41, 5.74) is 0. The van der Waals surface area contributed by atoms with Gasteiger partial charge >= 0.3 is 10.4 Å². The Morgan fingerprint density at radius 2 is 1.16 bits per heavy atom. The molecular weight excluding hydrogens is 763 g/mol. The van der Waals surface area contributed by atoms with Crippen LogP contribution in [-0.2, 0) is 28.9 Å². The number of carbonyl (C=O) groups excluding carboxylic acids is 1. The SMILES string of the molecule is CCCCCCCC/C=C\C/C=C\CCC(=O)NC(COC1OC(CO)C(O)C(OS(=O)(=O)O)C1O)C(O)CCCCCCCCCCCCCCCCCCCC. The van der Waals surface area contributed by atoms with E-state index in [2.05, 4.69) is 35.5 Å². The summed E-state index contributed by atoms with van der Waals surface area (Å²) >= 11 is 0. The fourth-order valence-corrected chi connectivity index (χ4v) is 7.90. The zero-order valence-corrected chi connectivity index (χ0v) is 37.2. The van der Waals surface area contributed by atoms with E-state index in [9.17, 15) is 38.2 Å². The standard InChI is InChI=1S/C45H85NO11S/c1-3-5-7-9-11-13-15-17-18-19-20-21-23-24-26-28-30-32-34-39(48)38(37-55-45-43(51)44(57-58(52,53)54)42(50)40(36-47)56-45)46-41(49)35-33-31-29-27-25-22-16-14-12-10-8-6-4-2/h22,25,29,31,38-40,42-45,47-48,50-51H,3-21,23-24,26-28,30,32-37H2,1-2H3,(H,46,49)(H,52,53,54)/b25-22-,31-29-. The van der Waals surface area contributed by atoms with Crippen LogP contribution in [0.25, 0.3) is 0 Å². The van der Waals surface area contributed by atoms with Crippen LogP contribution in [0.5, 0.6) is 0 Å². The molecule has 1 saturated heterocycles. The van der Waals surface area contributed by atoms with Gasteiger partial charge in [0, 0.05) is 6.42 Å². The van der Waals surface area contributed by atoms with Crippen LogP contribution >= 0.6 is 0 Å². The molecule has 1 aliphatic rings. The molecule has 6 N–H and O–H groups in total. The number of ether oxygens (including phenoxy) is 2. The maximum absolute atomic E-state index is 13.0. The molecule has 58 heavy (non-hydrogen) atoms. The number of hydrogen-bond acceptors (Lipinski definition) is 10. The number of nitrogens with one attached hydrogen (secondary N) is 1. The van der Waals surface area contributed by atoms with Gasteiger partial charge in [-0.25, -0.2) is 4.18 Å². The summed E-state index contributed by atoms with van der Waals surface area (Å²) in [5, 5.41) is 44.8. The molecule has 7 atom stereocenters. The number of aliphatic hydroxyl groups is 4. The summed E-state index contributed by atoms with van der Waals surface area (Å²) in [5.74, 6) is -0.296. The molecule has 1 amide bonds. The Balaban J connectivity index is 2.52. The number of carbonyl (C=O) groups is 1. The average molecular weight is 848 g/mol. The van der Waals surface area contributed by atoms with Gasteiger partial charge in [-0.2, -0.15) is 8.42 Å². The summed E-state index contributed by atoms with van der Waals surface area (Å²) in [6.07, 6.45) is 31.9. The fraction of sp³-hybridized carbons (Fsp3) is 0.889. The van der Waals surface area contributed by atoms with Gasteiger partial charge in [0.25, 0.3) is 0 Å². The van der Waals surface area contributed by atoms with Crippen molar-refractivity contribution < 1.29 is 51.8 Å². The summed E-state index contributed by atoms with van der Waals surface area (Å²) in [6.45, 7) is 3.40. The predicted octanol–water partition coefficient (Wildman–Crippen LogP) is 8.94. The number of hydrogen-bond donors (Lipinski definition) is 6. The maximum Gasteiger partial charge on any atom is 0.397 e. The van der Waals surface area contributed by atoms with Crippen LogP contribution in [-0.4, -0.2) is 95.4 Å². The zero-order valence-electron chi connectivity index (χ0n) is 36.4. The minimum Gasteiger partial charge on any atom is -0.394 e. The second kappa shape index (κ2) is 36.3. The van der Waals surface area contributed by atoms with Crippen LogP contribution in [0.3, 0.4) is 0 Å². The van der Waals surface area contributed by atoms with Gasteiger partial charge in [-0.05, 0) is 32.1 Å². The molecular formula is C45H85NO11S. The molecule has 0 bridgehead atoms. The van der Waals surface area contributed by atoms with Gasteiger partial charge < -0.3 is 35.2 Å². The van der Waals surface area contributed by atoms with Gasteiger partial charge in [0.05, 0.1) is 25.4 Å². The minimum absolute atomic E-state index is 0.187. The van der Waals surface area contributed by atoms with E-state index in [1.807, 2.05) is 12.2 Å². The molecule has 0 aromatic heterocycles. The second-order valence-corrected chi connectivity index (χ2v) is 17.4. The zero-order chi connectivity index (χ0) is 42.7. The average Bonchev–Trinajstić information content (AvgIpc) is 3.19. The van der Waals surface area contributed by atoms with Crippen LogP contribution in [0, 0.1) is 0 Å². The molecule has 0 saturated carbocycles. The van der Waals surface area contributed by atoms with E-state index in [1.54, 1.807) is 0 Å². The Hall–Kier alpha value is -1.42. The lowest BCUT2D eigenvalue weighted by molar-refractivity contribution is -0.298. The Labute approximate surface area is 352 Å². The van der Waals surface area contributed by atoms with Crippen molar-refractivity contribution in [2.45, 2.75) is 243 Å². The van der Waals surface area contributed by atoms with Gasteiger partial charge in [-0.3, -0.25) is 9.35 Å². The highest BCUT2D eigenvalue weighted by molar-refractivity contribution is 7.80. The lowest BCUT2D eigenvalue weighted by Gasteiger charge is -2.41. The van der Waals surface area contributed by atoms with Gasteiger partial charge in [0.1, 0.15) is 24.4 Å². The lowest BCUT2D eigenvalue weighted by Crippen LogP contribution is -2.61. The molecule has 1 aliphatic heterocycles. The first-order valence-corrected chi connectivity index (χ1v) is 24.6. The Kier molecular flexibility index (Phi) is 34.1. The first kappa shape index (κ1) is 54.6. The number of aliphatic hydroxyl groups excluding tert-OH is 4. The van der Waals surface area contributed by atoms with Crippen LogP contribution < -0.4 is 5.32 Å². The van der Waals surface area contributed by atoms with E-state index in [4.69, 9.17) is 9.47 Å². The topological polar surface area (TPSA) is 192 Å². The van der Waals surface area contributed by atoms with Crippen molar-refractivity contribution in [3.63, 3.8) is 0 Å². The van der Waals surface area contributed by atoms with Crippen molar-refractivity contribution in [3.05, 3.63) is 24.3 Å². The third-order valence-electron chi connectivity index (χ3n) is 11.0. The van der Waals surface area contributed by atoms with Crippen molar-refractivity contribution in [2.24, 2.45) is 0 Å². The lowest BCUT2D eigenvalue weighted by atomic mass is 9.99. The van der Waals surface area contributed by atoms with Crippen LogP contribution in [0.4, 0.5) is 0 Å². The quantitative estimate of drug-likeness (QED) is 0.0197. The molecule has 13 heteroatoms. The van der Waals surface area contributed by atoms with E-state index < -0.39 is 59.9 Å². The molecule has 1 fully saturated rings. The summed E-state index contributed by atoms with van der Waals surface area (Å²) in [7, 11) is -5.08.